The Kier molecular flexibility index (Phi) is 5.23. The Bertz CT molecular complexity index is 587. The van der Waals surface area contributed by atoms with Gasteiger partial charge in [-0.3, -0.25) is 0 Å². The maximum Gasteiger partial charge on any atom is 0.341 e. The minimum absolute atomic E-state index is 0. The van der Waals surface area contributed by atoms with Crippen LogP contribution in [0.2, 0.25) is 0 Å². The summed E-state index contributed by atoms with van der Waals surface area (Å²) in [4.78, 5) is 21.7. The molecule has 1 aromatic heterocycles. The molecule has 0 spiro atoms. The Morgan fingerprint density at radius 3 is 2.30 bits per heavy atom. The van der Waals surface area contributed by atoms with E-state index < -0.39 is 11.9 Å². The van der Waals surface area contributed by atoms with E-state index in [0.717, 1.165) is 5.56 Å². The first-order chi connectivity index (χ1) is 9.06. The number of aromatic nitrogens is 1. The van der Waals surface area contributed by atoms with Crippen LogP contribution >= 0.6 is 0 Å². The Morgan fingerprint density at radius 1 is 1.00 bits per heavy atom. The van der Waals surface area contributed by atoms with Crippen LogP contribution in [0, 0.1) is 0 Å². The quantitative estimate of drug-likeness (QED) is 0.667. The van der Waals surface area contributed by atoms with Gasteiger partial charge >= 0.3 is 11.9 Å². The summed E-state index contributed by atoms with van der Waals surface area (Å²) in [6, 6.07) is 9.71. The van der Waals surface area contributed by atoms with Crippen LogP contribution < -0.4 is 17.0 Å². The van der Waals surface area contributed by atoms with Gasteiger partial charge in [0.2, 0.25) is 0 Å². The smallest absolute Gasteiger partial charge is 0.341 e. The fourth-order valence-electron chi connectivity index (χ4n) is 1.76. The van der Waals surface area contributed by atoms with Crippen LogP contribution in [0.5, 0.6) is 0 Å². The van der Waals surface area contributed by atoms with Gasteiger partial charge in [0, 0.05) is 11.6 Å². The van der Waals surface area contributed by atoms with Crippen LogP contribution in [0.1, 0.15) is 26.3 Å². The number of halogens is 1. The van der Waals surface area contributed by atoms with E-state index in [1.54, 1.807) is 35.0 Å². The van der Waals surface area contributed by atoms with Gasteiger partial charge in [-0.1, -0.05) is 12.1 Å². The number of pyridine rings is 1. The molecule has 0 unspecified atom stereocenters. The van der Waals surface area contributed by atoms with Crippen LogP contribution in [-0.2, 0) is 6.54 Å². The standard InChI is InChI=1S/C14H11NO4.ClH/c16-13(17)11-4-1-3-10(7-11)8-15-6-2-5-12(9-15)14(18)19;/h1-7,9H,8H2,(H-,16,17,18,19);1H. The summed E-state index contributed by atoms with van der Waals surface area (Å²) in [5.74, 6) is -1.97. The highest BCUT2D eigenvalue weighted by Crippen LogP contribution is 2.05. The maximum atomic E-state index is 10.9. The highest BCUT2D eigenvalue weighted by Gasteiger charge is 2.10. The van der Waals surface area contributed by atoms with Gasteiger partial charge in [0.1, 0.15) is 5.56 Å². The average molecular weight is 294 g/mol. The lowest BCUT2D eigenvalue weighted by Crippen LogP contribution is -3.00. The van der Waals surface area contributed by atoms with Crippen LogP contribution in [0.3, 0.4) is 0 Å². The van der Waals surface area contributed by atoms with E-state index in [9.17, 15) is 9.59 Å². The molecule has 104 valence electrons. The molecular weight excluding hydrogens is 282 g/mol. The Morgan fingerprint density at radius 2 is 1.65 bits per heavy atom. The number of hydrogen-bond acceptors (Lipinski definition) is 2. The molecule has 0 saturated heterocycles. The van der Waals surface area contributed by atoms with E-state index in [4.69, 9.17) is 10.2 Å². The van der Waals surface area contributed by atoms with Crippen molar-refractivity contribution in [3.63, 3.8) is 0 Å². The van der Waals surface area contributed by atoms with Crippen LogP contribution in [-0.4, -0.2) is 22.2 Å². The summed E-state index contributed by atoms with van der Waals surface area (Å²) in [6.45, 7) is 0.419. The third-order valence-electron chi connectivity index (χ3n) is 2.64. The number of nitrogens with zero attached hydrogens (tertiary/aromatic N) is 1. The van der Waals surface area contributed by atoms with Gasteiger partial charge in [-0.05, 0) is 18.2 Å². The van der Waals surface area contributed by atoms with Crippen molar-refractivity contribution >= 4 is 11.9 Å². The summed E-state index contributed by atoms with van der Waals surface area (Å²) in [5.41, 5.74) is 1.21. The lowest BCUT2D eigenvalue weighted by molar-refractivity contribution is -0.688. The number of carbonyl (C=O) groups is 2. The maximum absolute atomic E-state index is 10.9. The number of carboxylic acids is 2. The van der Waals surface area contributed by atoms with Crippen molar-refractivity contribution in [2.45, 2.75) is 6.54 Å². The highest BCUT2D eigenvalue weighted by atomic mass is 35.5. The van der Waals surface area contributed by atoms with Gasteiger partial charge in [-0.2, -0.15) is 4.57 Å². The second kappa shape index (κ2) is 6.68. The van der Waals surface area contributed by atoms with Gasteiger partial charge in [-0.25, -0.2) is 9.59 Å². The van der Waals surface area contributed by atoms with E-state index in [-0.39, 0.29) is 23.5 Å². The SMILES string of the molecule is O=C(O)c1cccc(C[n+]2cccc(C(=O)O)c2)c1.[Cl-]. The van der Waals surface area contributed by atoms with Gasteiger partial charge in [0.15, 0.2) is 18.9 Å². The summed E-state index contributed by atoms with van der Waals surface area (Å²) in [7, 11) is 0. The largest absolute Gasteiger partial charge is 1.00 e. The lowest BCUT2D eigenvalue weighted by atomic mass is 10.1. The van der Waals surface area contributed by atoms with E-state index in [2.05, 4.69) is 0 Å². The zero-order chi connectivity index (χ0) is 13.8. The molecule has 5 nitrogen and oxygen atoms in total. The normalized spacial score (nSPS) is 9.60. The van der Waals surface area contributed by atoms with Crippen molar-refractivity contribution < 1.29 is 36.8 Å². The first-order valence-electron chi connectivity index (χ1n) is 5.61. The van der Waals surface area contributed by atoms with Crippen molar-refractivity contribution in [3.8, 4) is 0 Å². The minimum atomic E-state index is -0.992. The first-order valence-corrected chi connectivity index (χ1v) is 5.61. The van der Waals surface area contributed by atoms with Crippen molar-refractivity contribution in [1.82, 2.24) is 0 Å². The molecule has 0 amide bonds. The summed E-state index contributed by atoms with van der Waals surface area (Å²) in [6.07, 6.45) is 3.25. The molecule has 2 N–H and O–H groups in total. The van der Waals surface area contributed by atoms with Gasteiger partial charge in [0.05, 0.1) is 5.56 Å². The molecule has 0 radical (unpaired) electrons. The first kappa shape index (κ1) is 15.7. The Balaban J connectivity index is 0.00000200. The molecule has 0 aliphatic carbocycles. The van der Waals surface area contributed by atoms with E-state index in [0.29, 0.717) is 6.54 Å². The molecular formula is C14H12ClNO4. The summed E-state index contributed by atoms with van der Waals surface area (Å²) >= 11 is 0. The van der Waals surface area contributed by atoms with Crippen LogP contribution in [0.4, 0.5) is 0 Å². The van der Waals surface area contributed by atoms with Gasteiger partial charge < -0.3 is 22.6 Å². The molecule has 2 aromatic rings. The molecule has 0 aliphatic heterocycles. The summed E-state index contributed by atoms with van der Waals surface area (Å²) < 4.78 is 1.70. The van der Waals surface area contributed by atoms with Crippen molar-refractivity contribution in [2.75, 3.05) is 0 Å². The van der Waals surface area contributed by atoms with E-state index >= 15 is 0 Å². The molecule has 0 fully saturated rings. The minimum Gasteiger partial charge on any atom is -1.00 e. The number of hydrogen-bond donors (Lipinski definition) is 2. The predicted molar refractivity (Wildman–Crippen MR) is 66.1 cm³/mol. The fraction of sp³-hybridized carbons (Fsp3) is 0.0714. The molecule has 0 atom stereocenters. The summed E-state index contributed by atoms with van der Waals surface area (Å²) in [5, 5.41) is 17.8. The molecule has 2 rings (SSSR count). The highest BCUT2D eigenvalue weighted by molar-refractivity contribution is 5.87. The molecule has 6 heteroatoms. The van der Waals surface area contributed by atoms with Crippen molar-refractivity contribution in [1.29, 1.82) is 0 Å². The molecule has 20 heavy (non-hydrogen) atoms. The topological polar surface area (TPSA) is 78.5 Å². The number of benzene rings is 1. The molecule has 0 bridgehead atoms. The van der Waals surface area contributed by atoms with E-state index in [1.807, 2.05) is 0 Å². The molecule has 1 heterocycles. The number of rotatable bonds is 4. The van der Waals surface area contributed by atoms with Crippen LogP contribution in [0.25, 0.3) is 0 Å². The Labute approximate surface area is 121 Å². The zero-order valence-electron chi connectivity index (χ0n) is 10.4. The molecule has 1 aromatic carbocycles. The van der Waals surface area contributed by atoms with Crippen molar-refractivity contribution in [3.05, 3.63) is 65.5 Å². The van der Waals surface area contributed by atoms with Crippen LogP contribution in [0.15, 0.2) is 48.8 Å². The van der Waals surface area contributed by atoms with Gasteiger partial charge in [-0.15, -0.1) is 0 Å². The zero-order valence-corrected chi connectivity index (χ0v) is 11.1. The monoisotopic (exact) mass is 293 g/mol. The third-order valence-corrected chi connectivity index (χ3v) is 2.64. The van der Waals surface area contributed by atoms with E-state index in [1.165, 1.54) is 18.3 Å². The molecule has 0 saturated carbocycles. The second-order valence-electron chi connectivity index (χ2n) is 4.08. The molecule has 0 aliphatic rings. The second-order valence-corrected chi connectivity index (χ2v) is 4.08. The Hall–Kier alpha value is -2.40. The number of aromatic carboxylic acids is 2. The fourth-order valence-corrected chi connectivity index (χ4v) is 1.76. The number of carboxylic acid groups (broad SMARTS) is 2. The predicted octanol–water partition coefficient (Wildman–Crippen LogP) is -1.58. The lowest BCUT2D eigenvalue weighted by Gasteiger charge is -2.00. The van der Waals surface area contributed by atoms with Crippen molar-refractivity contribution in [2.24, 2.45) is 0 Å². The van der Waals surface area contributed by atoms with Gasteiger partial charge in [0.25, 0.3) is 0 Å². The average Bonchev–Trinajstić information content (AvgIpc) is 2.39. The third kappa shape index (κ3) is 3.80.